The first-order chi connectivity index (χ1) is 10.6. The lowest BCUT2D eigenvalue weighted by molar-refractivity contribution is -0.116. The molecule has 0 fully saturated rings. The van der Waals surface area contributed by atoms with Gasteiger partial charge in [-0.15, -0.1) is 0 Å². The summed E-state index contributed by atoms with van der Waals surface area (Å²) < 4.78 is 0. The van der Waals surface area contributed by atoms with Crippen LogP contribution in [-0.4, -0.2) is 15.9 Å². The van der Waals surface area contributed by atoms with E-state index in [2.05, 4.69) is 15.3 Å². The van der Waals surface area contributed by atoms with Crippen LogP contribution < -0.4 is 11.1 Å². The number of carbonyl (C=O) groups is 1. The van der Waals surface area contributed by atoms with Crippen LogP contribution in [0.2, 0.25) is 5.15 Å². The first-order valence-electron chi connectivity index (χ1n) is 7.20. The van der Waals surface area contributed by atoms with E-state index in [1.54, 1.807) is 0 Å². The Bertz CT molecular complexity index is 723. The van der Waals surface area contributed by atoms with Crippen LogP contribution in [0, 0.1) is 0 Å². The number of allylic oxidation sites excluding steroid dienone is 1. The van der Waals surface area contributed by atoms with E-state index >= 15 is 0 Å². The fourth-order valence-electron chi connectivity index (χ4n) is 2.42. The Balaban J connectivity index is 2.09. The van der Waals surface area contributed by atoms with Gasteiger partial charge < -0.3 is 16.0 Å². The van der Waals surface area contributed by atoms with Crippen molar-refractivity contribution in [1.82, 2.24) is 9.97 Å². The maximum Gasteiger partial charge on any atom is 0.224 e. The van der Waals surface area contributed by atoms with Gasteiger partial charge in [-0.05, 0) is 18.9 Å². The molecule has 1 aliphatic heterocycles. The predicted octanol–water partition coefficient (Wildman–Crippen LogP) is 3.41. The van der Waals surface area contributed by atoms with Crippen LogP contribution in [0.5, 0.6) is 0 Å². The van der Waals surface area contributed by atoms with Crippen LogP contribution in [0.25, 0.3) is 11.3 Å². The molecule has 1 aromatic carbocycles. The van der Waals surface area contributed by atoms with Crippen molar-refractivity contribution >= 4 is 23.2 Å². The quantitative estimate of drug-likeness (QED) is 0.651. The van der Waals surface area contributed by atoms with Crippen molar-refractivity contribution in [2.75, 3.05) is 5.32 Å². The highest BCUT2D eigenvalue weighted by Crippen LogP contribution is 2.33. The molecule has 0 saturated carbocycles. The number of benzene rings is 1. The third kappa shape index (κ3) is 3.05. The number of fused-ring (bicyclic) bond motifs is 4. The number of amides is 1. The molecular formula is C16H17ClN4O. The molecule has 114 valence electrons. The van der Waals surface area contributed by atoms with Crippen LogP contribution in [0.4, 0.5) is 5.69 Å². The van der Waals surface area contributed by atoms with Gasteiger partial charge >= 0.3 is 0 Å². The van der Waals surface area contributed by atoms with Gasteiger partial charge in [0.15, 0.2) is 0 Å². The summed E-state index contributed by atoms with van der Waals surface area (Å²) in [6.07, 6.45) is 5.70. The van der Waals surface area contributed by atoms with Crippen LogP contribution >= 0.6 is 11.6 Å². The fraction of sp³-hybridized carbons (Fsp3) is 0.250. The van der Waals surface area contributed by atoms with Gasteiger partial charge in [0.1, 0.15) is 16.7 Å². The van der Waals surface area contributed by atoms with Crippen LogP contribution in [-0.2, 0) is 4.79 Å². The minimum absolute atomic E-state index is 0.0347. The van der Waals surface area contributed by atoms with Crippen molar-refractivity contribution in [3.05, 3.63) is 47.4 Å². The number of hydrogen-bond acceptors (Lipinski definition) is 3. The maximum absolute atomic E-state index is 12.0. The summed E-state index contributed by atoms with van der Waals surface area (Å²) in [5, 5.41) is 3.34. The lowest BCUT2D eigenvalue weighted by Crippen LogP contribution is -2.11. The van der Waals surface area contributed by atoms with Gasteiger partial charge in [-0.3, -0.25) is 4.79 Å². The van der Waals surface area contributed by atoms with Gasteiger partial charge in [0.25, 0.3) is 0 Å². The first kappa shape index (κ1) is 14.8. The highest BCUT2D eigenvalue weighted by molar-refractivity contribution is 6.32. The molecule has 0 radical (unpaired) electrons. The summed E-state index contributed by atoms with van der Waals surface area (Å²) in [4.78, 5) is 19.6. The standard InChI is InChI=1S/C16H17ClN4O/c17-15-14-10-6-4-5-8-12(10)19-13(22)9-3-1-2-7-11(18)16(20-14)21-15/h1-2,4-6,8,11H,3,7,9,18H2,(H,19,22)(H,20,21). The number of nitrogens with two attached hydrogens (primary N) is 1. The van der Waals surface area contributed by atoms with E-state index < -0.39 is 0 Å². The number of nitrogens with one attached hydrogen (secondary N) is 2. The molecule has 0 spiro atoms. The Morgan fingerprint density at radius 1 is 1.27 bits per heavy atom. The van der Waals surface area contributed by atoms with Crippen molar-refractivity contribution < 1.29 is 4.79 Å². The Hall–Kier alpha value is -2.11. The molecule has 22 heavy (non-hydrogen) atoms. The number of anilines is 1. The summed E-state index contributed by atoms with van der Waals surface area (Å²) in [7, 11) is 0. The van der Waals surface area contributed by atoms with Crippen molar-refractivity contribution in [3.8, 4) is 11.3 Å². The minimum Gasteiger partial charge on any atom is -0.331 e. The van der Waals surface area contributed by atoms with Gasteiger partial charge in [-0.2, -0.15) is 0 Å². The van der Waals surface area contributed by atoms with Crippen molar-refractivity contribution in [2.24, 2.45) is 5.73 Å². The number of rotatable bonds is 0. The van der Waals surface area contributed by atoms with Crippen molar-refractivity contribution in [2.45, 2.75) is 25.3 Å². The van der Waals surface area contributed by atoms with Crippen molar-refractivity contribution in [3.63, 3.8) is 0 Å². The molecular weight excluding hydrogens is 300 g/mol. The normalized spacial score (nSPS) is 18.6. The second-order valence-electron chi connectivity index (χ2n) is 5.23. The monoisotopic (exact) mass is 316 g/mol. The number of nitrogens with zero attached hydrogens (tertiary/aromatic N) is 1. The summed E-state index contributed by atoms with van der Waals surface area (Å²) in [5.74, 6) is 0.609. The summed E-state index contributed by atoms with van der Waals surface area (Å²) in [6.45, 7) is 0. The number of aromatic nitrogens is 2. The zero-order chi connectivity index (χ0) is 15.5. The minimum atomic E-state index is -0.251. The number of para-hydroxylation sites is 1. The average molecular weight is 317 g/mol. The molecule has 1 aliphatic rings. The maximum atomic E-state index is 12.0. The molecule has 0 aliphatic carbocycles. The molecule has 5 nitrogen and oxygen atoms in total. The second-order valence-corrected chi connectivity index (χ2v) is 5.61. The second kappa shape index (κ2) is 6.34. The van der Waals surface area contributed by atoms with E-state index in [9.17, 15) is 4.79 Å². The average Bonchev–Trinajstić information content (AvgIpc) is 2.89. The SMILES string of the molecule is NC1CC=CCCC(=O)Nc2ccccc2-c2nc1[nH]c2Cl. The number of aromatic amines is 1. The number of H-pyrrole nitrogens is 1. The van der Waals surface area contributed by atoms with Gasteiger partial charge in [-0.1, -0.05) is 42.0 Å². The molecule has 0 saturated heterocycles. The van der Waals surface area contributed by atoms with Gasteiger partial charge in [-0.25, -0.2) is 4.98 Å². The Labute approximate surface area is 133 Å². The van der Waals surface area contributed by atoms with E-state index in [-0.39, 0.29) is 11.9 Å². The van der Waals surface area contributed by atoms with E-state index in [4.69, 9.17) is 17.3 Å². The molecule has 1 amide bonds. The van der Waals surface area contributed by atoms with Crippen molar-refractivity contribution in [1.29, 1.82) is 0 Å². The smallest absolute Gasteiger partial charge is 0.224 e. The van der Waals surface area contributed by atoms with E-state index in [0.29, 0.717) is 41.6 Å². The Morgan fingerprint density at radius 3 is 2.95 bits per heavy atom. The molecule has 2 aromatic rings. The number of carbonyl (C=O) groups excluding carboxylic acids is 1. The molecule has 2 heterocycles. The zero-order valence-corrected chi connectivity index (χ0v) is 12.7. The first-order valence-corrected chi connectivity index (χ1v) is 7.58. The highest BCUT2D eigenvalue weighted by Gasteiger charge is 2.18. The molecule has 6 heteroatoms. The Kier molecular flexibility index (Phi) is 4.27. The fourth-order valence-corrected chi connectivity index (χ4v) is 2.66. The zero-order valence-electron chi connectivity index (χ0n) is 12.0. The van der Waals surface area contributed by atoms with E-state index in [1.807, 2.05) is 36.4 Å². The molecule has 4 N–H and O–H groups in total. The number of imidazole rings is 1. The third-order valence-corrected chi connectivity index (χ3v) is 3.85. The van der Waals surface area contributed by atoms with Gasteiger partial charge in [0.05, 0.1) is 11.7 Å². The predicted molar refractivity (Wildman–Crippen MR) is 87.6 cm³/mol. The number of halogens is 1. The van der Waals surface area contributed by atoms with Gasteiger partial charge in [0, 0.05) is 12.0 Å². The summed E-state index contributed by atoms with van der Waals surface area (Å²) in [5.41, 5.74) is 8.21. The molecule has 1 aromatic heterocycles. The highest BCUT2D eigenvalue weighted by atomic mass is 35.5. The summed E-state index contributed by atoms with van der Waals surface area (Å²) in [6, 6.07) is 7.22. The number of hydrogen-bond donors (Lipinski definition) is 3. The van der Waals surface area contributed by atoms with Gasteiger partial charge in [0.2, 0.25) is 5.91 Å². The van der Waals surface area contributed by atoms with Crippen LogP contribution in [0.15, 0.2) is 36.4 Å². The molecule has 1 unspecified atom stereocenters. The van der Waals surface area contributed by atoms with E-state index in [0.717, 1.165) is 5.56 Å². The molecule has 2 bridgehead atoms. The summed E-state index contributed by atoms with van der Waals surface area (Å²) >= 11 is 6.28. The van der Waals surface area contributed by atoms with E-state index in [1.165, 1.54) is 0 Å². The molecule has 1 atom stereocenters. The Morgan fingerprint density at radius 2 is 2.09 bits per heavy atom. The van der Waals surface area contributed by atoms with Crippen LogP contribution in [0.3, 0.4) is 0 Å². The largest absolute Gasteiger partial charge is 0.331 e. The topological polar surface area (TPSA) is 83.8 Å². The van der Waals surface area contributed by atoms with Crippen LogP contribution in [0.1, 0.15) is 31.1 Å². The lowest BCUT2D eigenvalue weighted by Gasteiger charge is -2.09. The molecule has 3 rings (SSSR count). The lowest BCUT2D eigenvalue weighted by atomic mass is 10.1. The third-order valence-electron chi connectivity index (χ3n) is 3.58.